The van der Waals surface area contributed by atoms with Gasteiger partial charge in [-0.05, 0) is 72.9 Å². The Morgan fingerprint density at radius 1 is 1.14 bits per heavy atom. The Hall–Kier alpha value is -2.79. The molecule has 5 nitrogen and oxygen atoms in total. The van der Waals surface area contributed by atoms with Crippen molar-refractivity contribution in [2.45, 2.75) is 79.1 Å². The second kappa shape index (κ2) is 16.1. The highest BCUT2D eigenvalue weighted by Gasteiger charge is 2.22. The van der Waals surface area contributed by atoms with Crippen molar-refractivity contribution < 1.29 is 0 Å². The van der Waals surface area contributed by atoms with Crippen molar-refractivity contribution in [3.63, 3.8) is 0 Å². The van der Waals surface area contributed by atoms with E-state index in [2.05, 4.69) is 77.1 Å². The summed E-state index contributed by atoms with van der Waals surface area (Å²) in [5.74, 6) is 1.31. The number of imidazole rings is 1. The third-order valence-corrected chi connectivity index (χ3v) is 7.05. The van der Waals surface area contributed by atoms with Gasteiger partial charge in [0.1, 0.15) is 11.3 Å². The Balaban J connectivity index is 0.000000630. The van der Waals surface area contributed by atoms with Gasteiger partial charge in [-0.3, -0.25) is 4.90 Å². The molecule has 1 unspecified atom stereocenters. The van der Waals surface area contributed by atoms with Gasteiger partial charge in [-0.15, -0.1) is 0 Å². The van der Waals surface area contributed by atoms with Crippen LogP contribution in [-0.2, 0) is 0 Å². The molecule has 5 heteroatoms. The van der Waals surface area contributed by atoms with E-state index in [0.717, 1.165) is 42.6 Å². The SMILES string of the molecule is C=C(NCC(C)CN1CCC2=CCCC=C2C1)c1cn2cc(C3CCC3)ccc2n1.C=CN.CC.CC. The van der Waals surface area contributed by atoms with Crippen molar-refractivity contribution in [3.8, 4) is 0 Å². The molecule has 3 aliphatic rings. The zero-order valence-electron chi connectivity index (χ0n) is 24.1. The predicted molar refractivity (Wildman–Crippen MR) is 162 cm³/mol. The molecule has 37 heavy (non-hydrogen) atoms. The molecule has 0 amide bonds. The Morgan fingerprint density at radius 3 is 2.46 bits per heavy atom. The largest absolute Gasteiger partial charge is 0.405 e. The molecule has 0 spiro atoms. The van der Waals surface area contributed by atoms with Crippen molar-refractivity contribution in [1.82, 2.24) is 19.6 Å². The topological polar surface area (TPSA) is 58.6 Å². The summed E-state index contributed by atoms with van der Waals surface area (Å²) < 4.78 is 2.16. The molecule has 2 aromatic heterocycles. The summed E-state index contributed by atoms with van der Waals surface area (Å²) in [5.41, 5.74) is 12.1. The first-order chi connectivity index (χ1) is 18.1. The Labute approximate surface area is 226 Å². The third kappa shape index (κ3) is 8.63. The highest BCUT2D eigenvalue weighted by molar-refractivity contribution is 5.61. The number of nitrogens with one attached hydrogen (secondary N) is 1. The summed E-state index contributed by atoms with van der Waals surface area (Å²) in [6.45, 7) is 22.1. The fraction of sp³-hybridized carbons (Fsp3) is 0.531. The summed E-state index contributed by atoms with van der Waals surface area (Å²) in [6.07, 6.45) is 18.2. The first kappa shape index (κ1) is 30.4. The molecule has 0 radical (unpaired) electrons. The molecule has 1 atom stereocenters. The van der Waals surface area contributed by atoms with Crippen LogP contribution >= 0.6 is 0 Å². The summed E-state index contributed by atoms with van der Waals surface area (Å²) in [4.78, 5) is 7.38. The zero-order chi connectivity index (χ0) is 27.2. The van der Waals surface area contributed by atoms with Gasteiger partial charge < -0.3 is 15.5 Å². The summed E-state index contributed by atoms with van der Waals surface area (Å²) in [5, 5.41) is 3.54. The highest BCUT2D eigenvalue weighted by atomic mass is 15.1. The molecule has 2 aliphatic carbocycles. The van der Waals surface area contributed by atoms with Gasteiger partial charge in [0.25, 0.3) is 0 Å². The number of hydrogen-bond donors (Lipinski definition) is 2. The van der Waals surface area contributed by atoms with Crippen LogP contribution in [0.3, 0.4) is 0 Å². The number of fused-ring (bicyclic) bond motifs is 2. The number of piperidine rings is 1. The van der Waals surface area contributed by atoms with E-state index in [1.807, 2.05) is 27.7 Å². The van der Waals surface area contributed by atoms with Crippen molar-refractivity contribution in [2.75, 3.05) is 26.2 Å². The van der Waals surface area contributed by atoms with Gasteiger partial charge in [0.2, 0.25) is 0 Å². The minimum absolute atomic E-state index is 0.568. The van der Waals surface area contributed by atoms with Crippen LogP contribution in [0.4, 0.5) is 0 Å². The fourth-order valence-electron chi connectivity index (χ4n) is 4.99. The maximum absolute atomic E-state index is 4.77. The van der Waals surface area contributed by atoms with Gasteiger partial charge in [0.05, 0.1) is 5.70 Å². The van der Waals surface area contributed by atoms with Crippen LogP contribution in [0.15, 0.2) is 67.2 Å². The minimum atomic E-state index is 0.568. The van der Waals surface area contributed by atoms with Crippen molar-refractivity contribution in [2.24, 2.45) is 11.7 Å². The monoisotopic (exact) mass is 505 g/mol. The van der Waals surface area contributed by atoms with Gasteiger partial charge in [-0.25, -0.2) is 4.98 Å². The molecule has 3 heterocycles. The molecule has 1 aliphatic heterocycles. The van der Waals surface area contributed by atoms with Gasteiger partial charge >= 0.3 is 0 Å². The van der Waals surface area contributed by atoms with Gasteiger partial charge in [-0.1, -0.05) is 72.4 Å². The minimum Gasteiger partial charge on any atom is -0.405 e. The molecule has 0 bridgehead atoms. The van der Waals surface area contributed by atoms with E-state index in [-0.39, 0.29) is 0 Å². The average Bonchev–Trinajstić information content (AvgIpc) is 3.33. The lowest BCUT2D eigenvalue weighted by Gasteiger charge is -2.33. The van der Waals surface area contributed by atoms with Crippen molar-refractivity contribution in [1.29, 1.82) is 0 Å². The molecule has 2 fully saturated rings. The van der Waals surface area contributed by atoms with E-state index in [1.165, 1.54) is 56.8 Å². The number of nitrogens with zero attached hydrogens (tertiary/aromatic N) is 3. The van der Waals surface area contributed by atoms with E-state index in [4.69, 9.17) is 4.98 Å². The number of likely N-dealkylation sites (tertiary alicyclic amines) is 1. The van der Waals surface area contributed by atoms with Crippen molar-refractivity contribution in [3.05, 3.63) is 78.4 Å². The number of aromatic nitrogens is 2. The molecule has 2 aromatic rings. The molecular formula is C32H51N5. The van der Waals surface area contributed by atoms with E-state index < -0.39 is 0 Å². The maximum Gasteiger partial charge on any atom is 0.137 e. The fourth-order valence-corrected chi connectivity index (χ4v) is 4.99. The zero-order valence-corrected chi connectivity index (χ0v) is 24.1. The summed E-state index contributed by atoms with van der Waals surface area (Å²) in [7, 11) is 0. The van der Waals surface area contributed by atoms with Gasteiger partial charge in [0.15, 0.2) is 0 Å². The van der Waals surface area contributed by atoms with Gasteiger partial charge in [-0.2, -0.15) is 0 Å². The van der Waals surface area contributed by atoms with Crippen LogP contribution in [0.2, 0.25) is 0 Å². The molecule has 1 saturated heterocycles. The number of nitrogens with two attached hydrogens (primary N) is 1. The first-order valence-corrected chi connectivity index (χ1v) is 14.4. The van der Waals surface area contributed by atoms with Crippen LogP contribution in [0, 0.1) is 5.92 Å². The van der Waals surface area contributed by atoms with E-state index >= 15 is 0 Å². The highest BCUT2D eigenvalue weighted by Crippen LogP contribution is 2.36. The average molecular weight is 506 g/mol. The van der Waals surface area contributed by atoms with Crippen LogP contribution in [0.25, 0.3) is 11.3 Å². The molecular weight excluding hydrogens is 454 g/mol. The molecule has 5 rings (SSSR count). The Kier molecular flexibility index (Phi) is 13.3. The van der Waals surface area contributed by atoms with E-state index in [9.17, 15) is 0 Å². The lowest BCUT2D eigenvalue weighted by Crippen LogP contribution is -2.38. The van der Waals surface area contributed by atoms with Crippen LogP contribution in [0.1, 0.15) is 90.3 Å². The second-order valence-corrected chi connectivity index (χ2v) is 9.70. The molecule has 3 N–H and O–H groups in total. The van der Waals surface area contributed by atoms with E-state index in [0.29, 0.717) is 5.92 Å². The van der Waals surface area contributed by atoms with Crippen LogP contribution < -0.4 is 11.1 Å². The summed E-state index contributed by atoms with van der Waals surface area (Å²) >= 11 is 0. The standard InChI is InChI=1S/C26H34N4.C2H5N.2C2H6/c1-19(15-29-13-12-22-6-3-4-7-23(22)16-29)14-27-20(2)25-18-30-17-24(21-8-5-9-21)10-11-26(30)28-25;1-2-3;2*1-2/h6-7,10-11,17-19,21,27H,2-5,8-9,12-16H2,1H3;2H,1,3H2;2*1-2H3. The Morgan fingerprint density at radius 2 is 1.81 bits per heavy atom. The van der Waals surface area contributed by atoms with Crippen LogP contribution in [-0.4, -0.2) is 40.5 Å². The third-order valence-electron chi connectivity index (χ3n) is 7.05. The van der Waals surface area contributed by atoms with Crippen LogP contribution in [0.5, 0.6) is 0 Å². The maximum atomic E-state index is 4.77. The number of allylic oxidation sites excluding steroid dienone is 2. The molecule has 204 valence electrons. The van der Waals surface area contributed by atoms with Crippen molar-refractivity contribution >= 4 is 11.3 Å². The number of pyridine rings is 1. The predicted octanol–water partition coefficient (Wildman–Crippen LogP) is 7.29. The Bertz CT molecular complexity index is 1040. The quantitative estimate of drug-likeness (QED) is 0.415. The molecule has 1 saturated carbocycles. The number of rotatable bonds is 7. The normalized spacial score (nSPS) is 17.5. The number of hydrogen-bond acceptors (Lipinski definition) is 4. The van der Waals surface area contributed by atoms with E-state index in [1.54, 1.807) is 11.1 Å². The second-order valence-electron chi connectivity index (χ2n) is 9.70. The first-order valence-electron chi connectivity index (χ1n) is 14.4. The summed E-state index contributed by atoms with van der Waals surface area (Å²) in [6, 6.07) is 4.39. The van der Waals surface area contributed by atoms with Gasteiger partial charge in [0, 0.05) is 38.6 Å². The smallest absolute Gasteiger partial charge is 0.137 e. The molecule has 0 aromatic carbocycles. The lowest BCUT2D eigenvalue weighted by molar-refractivity contribution is 0.245. The lowest BCUT2D eigenvalue weighted by atomic mass is 9.81.